The van der Waals surface area contributed by atoms with Crippen LogP contribution in [0.2, 0.25) is 0 Å². The van der Waals surface area contributed by atoms with Crippen molar-refractivity contribution in [1.29, 1.82) is 0 Å². The molecule has 2 aromatic rings. The standard InChI is InChI=1S/C17H18N6O5/c18-22-19-8-10-3-1-2-4-11(10)16(26)20-14-5-6-23(17(27)21-14)15-7-12(25)13(9-24)28-15/h1-6,12-13,15,24-25H,7-9H2,(H,20,21,26,27)/t12-,13+,15+/m0/s1. The second-order valence-electron chi connectivity index (χ2n) is 6.12. The van der Waals surface area contributed by atoms with Crippen molar-refractivity contribution < 1.29 is 19.7 Å². The van der Waals surface area contributed by atoms with Gasteiger partial charge in [0.05, 0.1) is 19.3 Å². The Kier molecular flexibility index (Phi) is 6.02. The quantitative estimate of drug-likeness (QED) is 0.380. The lowest BCUT2D eigenvalue weighted by molar-refractivity contribution is -0.0458. The van der Waals surface area contributed by atoms with Crippen LogP contribution in [0.15, 0.2) is 46.4 Å². The molecule has 1 aromatic heterocycles. The summed E-state index contributed by atoms with van der Waals surface area (Å²) in [6.07, 6.45) is -0.849. The highest BCUT2D eigenvalue weighted by Crippen LogP contribution is 2.27. The van der Waals surface area contributed by atoms with Crippen LogP contribution in [0, 0.1) is 0 Å². The number of azide groups is 1. The average molecular weight is 386 g/mol. The maximum absolute atomic E-state index is 12.5. The van der Waals surface area contributed by atoms with E-state index in [0.29, 0.717) is 11.1 Å². The van der Waals surface area contributed by atoms with Gasteiger partial charge in [0.2, 0.25) is 0 Å². The Bertz CT molecular complexity index is 971. The molecule has 3 N–H and O–H groups in total. The van der Waals surface area contributed by atoms with E-state index in [-0.39, 0.29) is 25.4 Å². The number of anilines is 1. The monoisotopic (exact) mass is 386 g/mol. The number of nitrogens with one attached hydrogen (secondary N) is 1. The van der Waals surface area contributed by atoms with Crippen LogP contribution in [-0.2, 0) is 11.3 Å². The predicted octanol–water partition coefficient (Wildman–Crippen LogP) is 0.947. The molecule has 146 valence electrons. The summed E-state index contributed by atoms with van der Waals surface area (Å²) in [5.74, 6) is -0.455. The molecule has 3 atom stereocenters. The van der Waals surface area contributed by atoms with Gasteiger partial charge in [-0.15, -0.1) is 0 Å². The van der Waals surface area contributed by atoms with Gasteiger partial charge in [-0.1, -0.05) is 23.3 Å². The van der Waals surface area contributed by atoms with E-state index in [2.05, 4.69) is 20.3 Å². The molecule has 3 rings (SSSR count). The Morgan fingerprint density at radius 2 is 2.21 bits per heavy atom. The first-order valence-electron chi connectivity index (χ1n) is 8.47. The smallest absolute Gasteiger partial charge is 0.351 e. The number of hydrogen-bond acceptors (Lipinski definition) is 7. The number of carbonyl (C=O) groups excluding carboxylic acids is 1. The third-order valence-electron chi connectivity index (χ3n) is 4.33. The first-order valence-corrected chi connectivity index (χ1v) is 8.47. The molecule has 1 saturated heterocycles. The lowest BCUT2D eigenvalue weighted by Gasteiger charge is -2.15. The van der Waals surface area contributed by atoms with Crippen molar-refractivity contribution in [2.45, 2.75) is 31.4 Å². The Morgan fingerprint density at radius 1 is 1.43 bits per heavy atom. The van der Waals surface area contributed by atoms with Gasteiger partial charge in [-0.3, -0.25) is 9.36 Å². The Morgan fingerprint density at radius 3 is 2.89 bits per heavy atom. The summed E-state index contributed by atoms with van der Waals surface area (Å²) < 4.78 is 6.61. The van der Waals surface area contributed by atoms with Crippen LogP contribution in [0.3, 0.4) is 0 Å². The maximum Gasteiger partial charge on any atom is 0.351 e. The molecule has 0 bridgehead atoms. The Labute approximate surface area is 158 Å². The highest BCUT2D eigenvalue weighted by atomic mass is 16.5. The number of amides is 1. The van der Waals surface area contributed by atoms with Crippen LogP contribution in [0.4, 0.5) is 5.82 Å². The number of aromatic nitrogens is 2. The zero-order chi connectivity index (χ0) is 20.1. The molecule has 0 unspecified atom stereocenters. The van der Waals surface area contributed by atoms with E-state index < -0.39 is 30.0 Å². The van der Waals surface area contributed by atoms with Crippen molar-refractivity contribution >= 4 is 11.7 Å². The van der Waals surface area contributed by atoms with Gasteiger partial charge in [0, 0.05) is 23.1 Å². The maximum atomic E-state index is 12.5. The minimum Gasteiger partial charge on any atom is -0.394 e. The summed E-state index contributed by atoms with van der Waals surface area (Å²) in [4.78, 5) is 31.3. The first kappa shape index (κ1) is 19.5. The van der Waals surface area contributed by atoms with Crippen molar-refractivity contribution in [2.75, 3.05) is 11.9 Å². The number of benzene rings is 1. The molecule has 11 heteroatoms. The zero-order valence-corrected chi connectivity index (χ0v) is 14.7. The van der Waals surface area contributed by atoms with E-state index >= 15 is 0 Å². The minimum atomic E-state index is -0.881. The van der Waals surface area contributed by atoms with Crippen LogP contribution in [-0.4, -0.2) is 44.5 Å². The van der Waals surface area contributed by atoms with Gasteiger partial charge in [-0.05, 0) is 23.2 Å². The van der Waals surface area contributed by atoms with E-state index in [9.17, 15) is 14.7 Å². The van der Waals surface area contributed by atoms with Crippen LogP contribution in [0.5, 0.6) is 0 Å². The fraction of sp³-hybridized carbons (Fsp3) is 0.353. The minimum absolute atomic E-state index is 0.0164. The number of hydrogen-bond donors (Lipinski definition) is 3. The molecule has 1 fully saturated rings. The number of carbonyl (C=O) groups is 1. The number of aliphatic hydroxyl groups excluding tert-OH is 2. The highest BCUT2D eigenvalue weighted by Gasteiger charge is 2.34. The molecule has 11 nitrogen and oxygen atoms in total. The molecule has 1 amide bonds. The van der Waals surface area contributed by atoms with Crippen molar-refractivity contribution in [1.82, 2.24) is 9.55 Å². The molecule has 1 aromatic carbocycles. The molecule has 0 saturated carbocycles. The lowest BCUT2D eigenvalue weighted by Crippen LogP contribution is -2.28. The van der Waals surface area contributed by atoms with E-state index in [1.807, 2.05) is 0 Å². The molecular formula is C17H18N6O5. The third kappa shape index (κ3) is 4.18. The molecular weight excluding hydrogens is 368 g/mol. The van der Waals surface area contributed by atoms with Gasteiger partial charge >= 0.3 is 5.69 Å². The first-order chi connectivity index (χ1) is 13.5. The van der Waals surface area contributed by atoms with Crippen molar-refractivity contribution in [2.24, 2.45) is 5.11 Å². The van der Waals surface area contributed by atoms with Crippen molar-refractivity contribution in [3.8, 4) is 0 Å². The number of ether oxygens (including phenoxy) is 1. The predicted molar refractivity (Wildman–Crippen MR) is 97.4 cm³/mol. The van der Waals surface area contributed by atoms with Gasteiger partial charge in [0.1, 0.15) is 18.1 Å². The van der Waals surface area contributed by atoms with Crippen LogP contribution in [0.25, 0.3) is 10.4 Å². The molecule has 2 heterocycles. The van der Waals surface area contributed by atoms with Gasteiger partial charge < -0.3 is 20.3 Å². The highest BCUT2D eigenvalue weighted by molar-refractivity contribution is 6.04. The second kappa shape index (κ2) is 8.63. The lowest BCUT2D eigenvalue weighted by atomic mass is 10.1. The Hall–Kier alpha value is -3.24. The van der Waals surface area contributed by atoms with Gasteiger partial charge in [0.15, 0.2) is 0 Å². The van der Waals surface area contributed by atoms with Crippen LogP contribution >= 0.6 is 0 Å². The number of nitrogens with zero attached hydrogens (tertiary/aromatic N) is 5. The summed E-state index contributed by atoms with van der Waals surface area (Å²) in [6.45, 7) is -0.342. The van der Waals surface area contributed by atoms with Crippen molar-refractivity contribution in [3.05, 3.63) is 68.6 Å². The van der Waals surface area contributed by atoms with E-state index in [1.165, 1.54) is 16.8 Å². The molecule has 0 aliphatic carbocycles. The van der Waals surface area contributed by atoms with E-state index in [4.69, 9.17) is 15.4 Å². The third-order valence-corrected chi connectivity index (χ3v) is 4.33. The van der Waals surface area contributed by atoms with E-state index in [1.54, 1.807) is 24.3 Å². The molecule has 0 radical (unpaired) electrons. The fourth-order valence-corrected chi connectivity index (χ4v) is 2.92. The molecule has 0 spiro atoms. The van der Waals surface area contributed by atoms with Gasteiger partial charge in [-0.25, -0.2) is 4.79 Å². The Balaban J connectivity index is 1.76. The summed E-state index contributed by atoms with van der Waals surface area (Å²) in [7, 11) is 0. The number of aliphatic hydroxyl groups is 2. The molecule has 1 aliphatic rings. The second-order valence-corrected chi connectivity index (χ2v) is 6.12. The normalized spacial score (nSPS) is 21.1. The summed E-state index contributed by atoms with van der Waals surface area (Å²) in [5.41, 5.74) is 8.62. The summed E-state index contributed by atoms with van der Waals surface area (Å²) in [6, 6.07) is 8.04. The topological polar surface area (TPSA) is 162 Å². The van der Waals surface area contributed by atoms with Crippen LogP contribution in [0.1, 0.15) is 28.6 Å². The largest absolute Gasteiger partial charge is 0.394 e. The van der Waals surface area contributed by atoms with Gasteiger partial charge in [0.25, 0.3) is 5.91 Å². The molecule has 1 aliphatic heterocycles. The fourth-order valence-electron chi connectivity index (χ4n) is 2.92. The SMILES string of the molecule is [N-]=[N+]=NCc1ccccc1C(=O)Nc1ccn([C@H]2C[C@H](O)[C@@H](CO)O2)c(=O)n1. The van der Waals surface area contributed by atoms with Gasteiger partial charge in [-0.2, -0.15) is 4.98 Å². The average Bonchev–Trinajstić information content (AvgIpc) is 3.07. The number of rotatable bonds is 6. The summed E-state index contributed by atoms with van der Waals surface area (Å²) in [5, 5.41) is 24.9. The zero-order valence-electron chi connectivity index (χ0n) is 14.7. The van der Waals surface area contributed by atoms with Crippen LogP contribution < -0.4 is 11.0 Å². The summed E-state index contributed by atoms with van der Waals surface area (Å²) >= 11 is 0. The van der Waals surface area contributed by atoms with E-state index in [0.717, 1.165) is 0 Å². The molecule has 28 heavy (non-hydrogen) atoms. The van der Waals surface area contributed by atoms with Crippen molar-refractivity contribution in [3.63, 3.8) is 0 Å².